The lowest BCUT2D eigenvalue weighted by molar-refractivity contribution is 0.491. The molecule has 0 bridgehead atoms. The minimum Gasteiger partial charge on any atom is -0.303 e. The van der Waals surface area contributed by atoms with Crippen molar-refractivity contribution in [2.24, 2.45) is 0 Å². The summed E-state index contributed by atoms with van der Waals surface area (Å²) in [6.07, 6.45) is 2.53. The Morgan fingerprint density at radius 3 is 2.63 bits per heavy atom. The standard InChI is InChI=1S/C13H15Cl2NO2S/c1-2-13(9-3-4-11(14)12(15)7-9)16-10-5-6-19(17,18)8-10/h3-7,10,13,16H,2,8H2,1H3. The molecule has 0 saturated heterocycles. The highest BCUT2D eigenvalue weighted by Gasteiger charge is 2.24. The van der Waals surface area contributed by atoms with Crippen molar-refractivity contribution in [1.82, 2.24) is 5.32 Å². The third-order valence-electron chi connectivity index (χ3n) is 3.10. The Balaban J connectivity index is 2.13. The maximum Gasteiger partial charge on any atom is 0.173 e. The Morgan fingerprint density at radius 2 is 2.11 bits per heavy atom. The van der Waals surface area contributed by atoms with Gasteiger partial charge in [0.1, 0.15) is 0 Å². The van der Waals surface area contributed by atoms with E-state index in [0.29, 0.717) is 10.0 Å². The summed E-state index contributed by atoms with van der Waals surface area (Å²) in [6.45, 7) is 2.04. The van der Waals surface area contributed by atoms with Crippen LogP contribution >= 0.6 is 23.2 Å². The molecule has 6 heteroatoms. The van der Waals surface area contributed by atoms with Gasteiger partial charge in [0, 0.05) is 17.5 Å². The van der Waals surface area contributed by atoms with Gasteiger partial charge in [0.15, 0.2) is 9.84 Å². The fraction of sp³-hybridized carbons (Fsp3) is 0.385. The van der Waals surface area contributed by atoms with E-state index in [1.54, 1.807) is 12.1 Å². The Morgan fingerprint density at radius 1 is 1.37 bits per heavy atom. The third kappa shape index (κ3) is 3.72. The highest BCUT2D eigenvalue weighted by Crippen LogP contribution is 2.27. The molecule has 1 aromatic rings. The predicted molar refractivity (Wildman–Crippen MR) is 79.3 cm³/mol. The van der Waals surface area contributed by atoms with E-state index < -0.39 is 9.84 Å². The van der Waals surface area contributed by atoms with Crippen LogP contribution in [0.5, 0.6) is 0 Å². The summed E-state index contributed by atoms with van der Waals surface area (Å²) in [5, 5.41) is 5.61. The van der Waals surface area contributed by atoms with E-state index >= 15 is 0 Å². The first-order valence-electron chi connectivity index (χ1n) is 6.03. The molecule has 1 heterocycles. The fourth-order valence-corrected chi connectivity index (χ4v) is 3.67. The minimum absolute atomic E-state index is 0.0534. The SMILES string of the molecule is CCC(NC1C=CS(=O)(=O)C1)c1ccc(Cl)c(Cl)c1. The summed E-state index contributed by atoms with van der Waals surface area (Å²) >= 11 is 11.9. The van der Waals surface area contributed by atoms with Crippen molar-refractivity contribution in [3.63, 3.8) is 0 Å². The van der Waals surface area contributed by atoms with Crippen molar-refractivity contribution in [1.29, 1.82) is 0 Å². The first kappa shape index (κ1) is 14.9. The molecule has 2 atom stereocenters. The van der Waals surface area contributed by atoms with Gasteiger partial charge in [0.05, 0.1) is 15.8 Å². The monoisotopic (exact) mass is 319 g/mol. The largest absolute Gasteiger partial charge is 0.303 e. The number of hydrogen-bond acceptors (Lipinski definition) is 3. The summed E-state index contributed by atoms with van der Waals surface area (Å²) in [5.74, 6) is 0.116. The van der Waals surface area contributed by atoms with Crippen LogP contribution in [0.15, 0.2) is 29.7 Å². The molecule has 104 valence electrons. The van der Waals surface area contributed by atoms with Crippen LogP contribution in [-0.4, -0.2) is 20.2 Å². The van der Waals surface area contributed by atoms with Crippen molar-refractivity contribution >= 4 is 33.0 Å². The zero-order chi connectivity index (χ0) is 14.0. The lowest BCUT2D eigenvalue weighted by atomic mass is 10.0. The molecular formula is C13H15Cl2NO2S. The van der Waals surface area contributed by atoms with E-state index in [1.807, 2.05) is 19.1 Å². The molecule has 1 aliphatic heterocycles. The molecule has 19 heavy (non-hydrogen) atoms. The Hall–Kier alpha value is -0.550. The number of sulfone groups is 1. The molecule has 0 spiro atoms. The van der Waals surface area contributed by atoms with E-state index in [-0.39, 0.29) is 17.8 Å². The van der Waals surface area contributed by atoms with E-state index in [2.05, 4.69) is 5.32 Å². The van der Waals surface area contributed by atoms with Gasteiger partial charge in [-0.25, -0.2) is 8.42 Å². The van der Waals surface area contributed by atoms with Gasteiger partial charge in [0.25, 0.3) is 0 Å². The van der Waals surface area contributed by atoms with Gasteiger partial charge in [-0.15, -0.1) is 0 Å². The van der Waals surface area contributed by atoms with Gasteiger partial charge >= 0.3 is 0 Å². The summed E-state index contributed by atoms with van der Waals surface area (Å²) in [4.78, 5) is 0. The van der Waals surface area contributed by atoms with Gasteiger partial charge in [-0.1, -0.05) is 42.3 Å². The van der Waals surface area contributed by atoms with Crippen LogP contribution in [0.3, 0.4) is 0 Å². The van der Waals surface area contributed by atoms with Crippen LogP contribution in [0.4, 0.5) is 0 Å². The Kier molecular flexibility index (Phi) is 4.56. The quantitative estimate of drug-likeness (QED) is 0.925. The molecule has 0 fully saturated rings. The summed E-state index contributed by atoms with van der Waals surface area (Å²) in [6, 6.07) is 5.38. The molecule has 1 N–H and O–H groups in total. The van der Waals surface area contributed by atoms with Gasteiger partial charge in [-0.05, 0) is 24.1 Å². The van der Waals surface area contributed by atoms with Crippen molar-refractivity contribution in [3.8, 4) is 0 Å². The Labute approximate surface area is 123 Å². The summed E-state index contributed by atoms with van der Waals surface area (Å²) in [5.41, 5.74) is 1.01. The van der Waals surface area contributed by atoms with Crippen molar-refractivity contribution in [3.05, 3.63) is 45.3 Å². The second-order valence-electron chi connectivity index (χ2n) is 4.57. The van der Waals surface area contributed by atoms with Crippen molar-refractivity contribution < 1.29 is 8.42 Å². The number of halogens is 2. The highest BCUT2D eigenvalue weighted by atomic mass is 35.5. The van der Waals surface area contributed by atoms with Crippen molar-refractivity contribution in [2.75, 3.05) is 5.75 Å². The maximum atomic E-state index is 11.4. The van der Waals surface area contributed by atoms with Crippen LogP contribution in [0, 0.1) is 0 Å². The first-order chi connectivity index (χ1) is 8.91. The summed E-state index contributed by atoms with van der Waals surface area (Å²) in [7, 11) is -3.04. The number of nitrogens with one attached hydrogen (secondary N) is 1. The predicted octanol–water partition coefficient (Wildman–Crippen LogP) is 3.34. The average Bonchev–Trinajstić information content (AvgIpc) is 2.69. The van der Waals surface area contributed by atoms with Crippen LogP contribution in [0.1, 0.15) is 24.9 Å². The second kappa shape index (κ2) is 5.83. The molecule has 1 aromatic carbocycles. The average molecular weight is 320 g/mol. The summed E-state index contributed by atoms with van der Waals surface area (Å²) < 4.78 is 22.8. The van der Waals surface area contributed by atoms with Gasteiger partial charge in [-0.2, -0.15) is 0 Å². The zero-order valence-corrected chi connectivity index (χ0v) is 12.8. The number of rotatable bonds is 4. The second-order valence-corrected chi connectivity index (χ2v) is 7.31. The Bertz CT molecular complexity index is 599. The van der Waals surface area contributed by atoms with E-state index in [1.165, 1.54) is 5.41 Å². The normalized spacial score (nSPS) is 22.6. The molecule has 0 aromatic heterocycles. The maximum absolute atomic E-state index is 11.4. The molecule has 0 aliphatic carbocycles. The van der Waals surface area contributed by atoms with Crippen LogP contribution in [0.25, 0.3) is 0 Å². The lowest BCUT2D eigenvalue weighted by Gasteiger charge is -2.21. The molecule has 0 radical (unpaired) electrons. The molecule has 1 aliphatic rings. The van der Waals surface area contributed by atoms with Crippen LogP contribution in [-0.2, 0) is 9.84 Å². The number of benzene rings is 1. The van der Waals surface area contributed by atoms with Crippen molar-refractivity contribution in [2.45, 2.75) is 25.4 Å². The van der Waals surface area contributed by atoms with Gasteiger partial charge in [0.2, 0.25) is 0 Å². The molecular weight excluding hydrogens is 305 g/mol. The zero-order valence-electron chi connectivity index (χ0n) is 10.4. The van der Waals surface area contributed by atoms with Crippen LogP contribution in [0.2, 0.25) is 10.0 Å². The van der Waals surface area contributed by atoms with E-state index in [4.69, 9.17) is 23.2 Å². The third-order valence-corrected chi connectivity index (χ3v) is 5.23. The molecule has 2 unspecified atom stereocenters. The first-order valence-corrected chi connectivity index (χ1v) is 8.50. The van der Waals surface area contributed by atoms with E-state index in [0.717, 1.165) is 12.0 Å². The smallest absolute Gasteiger partial charge is 0.173 e. The molecule has 3 nitrogen and oxygen atoms in total. The minimum atomic E-state index is -3.04. The van der Waals surface area contributed by atoms with Gasteiger partial charge < -0.3 is 5.32 Å². The highest BCUT2D eigenvalue weighted by molar-refractivity contribution is 7.94. The van der Waals surface area contributed by atoms with E-state index in [9.17, 15) is 8.42 Å². The molecule has 0 amide bonds. The lowest BCUT2D eigenvalue weighted by Crippen LogP contribution is -2.33. The number of hydrogen-bond donors (Lipinski definition) is 1. The molecule has 2 rings (SSSR count). The van der Waals surface area contributed by atoms with Crippen LogP contribution < -0.4 is 5.32 Å². The van der Waals surface area contributed by atoms with Gasteiger partial charge in [-0.3, -0.25) is 0 Å². The fourth-order valence-electron chi connectivity index (χ4n) is 2.12. The topological polar surface area (TPSA) is 46.2 Å². The molecule has 0 saturated carbocycles.